The zero-order valence-electron chi connectivity index (χ0n) is 10.4. The fraction of sp³-hybridized carbons (Fsp3) is 0.500. The predicted molar refractivity (Wildman–Crippen MR) is 68.2 cm³/mol. The molecule has 0 heterocycles. The molecule has 1 fully saturated rings. The molecule has 0 unspecified atom stereocenters. The predicted octanol–water partition coefficient (Wildman–Crippen LogP) is 1.31. The van der Waals surface area contributed by atoms with Gasteiger partial charge in [0.05, 0.1) is 13.0 Å². The summed E-state index contributed by atoms with van der Waals surface area (Å²) < 4.78 is 0. The Kier molecular flexibility index (Phi) is 4.20. The molecular weight excluding hydrogens is 230 g/mol. The first-order chi connectivity index (χ1) is 8.70. The Hall–Kier alpha value is -1.55. The lowest BCUT2D eigenvalue weighted by atomic mass is 9.91. The van der Waals surface area contributed by atoms with Gasteiger partial charge in [0.1, 0.15) is 5.75 Å². The summed E-state index contributed by atoms with van der Waals surface area (Å²) in [6.45, 7) is 0.407. The van der Waals surface area contributed by atoms with Crippen molar-refractivity contribution in [2.24, 2.45) is 0 Å². The Morgan fingerprint density at radius 1 is 1.39 bits per heavy atom. The summed E-state index contributed by atoms with van der Waals surface area (Å²) in [6, 6.07) is 7.05. The van der Waals surface area contributed by atoms with E-state index in [1.165, 1.54) is 0 Å². The molecule has 1 saturated carbocycles. The Morgan fingerprint density at radius 3 is 2.72 bits per heavy atom. The quantitative estimate of drug-likeness (QED) is 0.827. The number of phenols is 1. The summed E-state index contributed by atoms with van der Waals surface area (Å²) in [7, 11) is 0. The lowest BCUT2D eigenvalue weighted by molar-refractivity contribution is -0.135. The molecule has 0 spiro atoms. The minimum atomic E-state index is 0.00226. The number of aliphatic hydroxyl groups excluding tert-OH is 1. The smallest absolute Gasteiger partial charge is 0.227 e. The molecule has 0 aromatic heterocycles. The molecule has 1 aromatic rings. The van der Waals surface area contributed by atoms with E-state index in [0.29, 0.717) is 12.6 Å². The average molecular weight is 249 g/mol. The van der Waals surface area contributed by atoms with Crippen molar-refractivity contribution >= 4 is 5.91 Å². The first-order valence-corrected chi connectivity index (χ1v) is 6.39. The van der Waals surface area contributed by atoms with E-state index in [-0.39, 0.29) is 24.7 Å². The average Bonchev–Trinajstić information content (AvgIpc) is 2.26. The third-order valence-electron chi connectivity index (χ3n) is 3.44. The van der Waals surface area contributed by atoms with Gasteiger partial charge in [0.25, 0.3) is 0 Å². The molecule has 0 aliphatic heterocycles. The molecule has 98 valence electrons. The van der Waals surface area contributed by atoms with Gasteiger partial charge < -0.3 is 15.1 Å². The van der Waals surface area contributed by atoms with Crippen LogP contribution < -0.4 is 0 Å². The van der Waals surface area contributed by atoms with Gasteiger partial charge in [-0.2, -0.15) is 0 Å². The van der Waals surface area contributed by atoms with E-state index in [9.17, 15) is 9.90 Å². The van der Waals surface area contributed by atoms with Crippen molar-refractivity contribution in [3.05, 3.63) is 29.8 Å². The van der Waals surface area contributed by atoms with E-state index in [0.717, 1.165) is 24.8 Å². The van der Waals surface area contributed by atoms with Crippen LogP contribution in [0.15, 0.2) is 24.3 Å². The van der Waals surface area contributed by atoms with Gasteiger partial charge in [0.15, 0.2) is 0 Å². The van der Waals surface area contributed by atoms with Crippen molar-refractivity contribution in [2.45, 2.75) is 31.7 Å². The third kappa shape index (κ3) is 3.01. The molecule has 0 saturated heterocycles. The summed E-state index contributed by atoms with van der Waals surface area (Å²) in [5.41, 5.74) is 0.808. The number of benzene rings is 1. The zero-order valence-corrected chi connectivity index (χ0v) is 10.4. The summed E-state index contributed by atoms with van der Waals surface area (Å²) in [5, 5.41) is 18.4. The monoisotopic (exact) mass is 249 g/mol. The van der Waals surface area contributed by atoms with Crippen LogP contribution in [0.25, 0.3) is 0 Å². The first kappa shape index (κ1) is 12.9. The molecule has 1 aliphatic carbocycles. The summed E-state index contributed by atoms with van der Waals surface area (Å²) in [5.74, 6) is 0.206. The highest BCUT2D eigenvalue weighted by Crippen LogP contribution is 2.25. The van der Waals surface area contributed by atoms with Gasteiger partial charge in [-0.1, -0.05) is 12.1 Å². The third-order valence-corrected chi connectivity index (χ3v) is 3.44. The number of aromatic hydroxyl groups is 1. The lowest BCUT2D eigenvalue weighted by Crippen LogP contribution is -2.46. The van der Waals surface area contributed by atoms with Gasteiger partial charge in [-0.25, -0.2) is 0 Å². The van der Waals surface area contributed by atoms with E-state index >= 15 is 0 Å². The molecule has 1 amide bonds. The summed E-state index contributed by atoms with van der Waals surface area (Å²) in [4.78, 5) is 14.0. The van der Waals surface area contributed by atoms with E-state index in [4.69, 9.17) is 5.11 Å². The van der Waals surface area contributed by atoms with Crippen LogP contribution in [0.3, 0.4) is 0 Å². The van der Waals surface area contributed by atoms with Crippen LogP contribution >= 0.6 is 0 Å². The van der Waals surface area contributed by atoms with Crippen LogP contribution in [0.1, 0.15) is 24.8 Å². The summed E-state index contributed by atoms with van der Waals surface area (Å²) in [6.07, 6.45) is 3.51. The Morgan fingerprint density at radius 2 is 2.17 bits per heavy atom. The van der Waals surface area contributed by atoms with Crippen molar-refractivity contribution in [3.8, 4) is 5.75 Å². The second-order valence-corrected chi connectivity index (χ2v) is 4.74. The van der Waals surface area contributed by atoms with Crippen molar-refractivity contribution < 1.29 is 15.0 Å². The van der Waals surface area contributed by atoms with Crippen LogP contribution in [0, 0.1) is 0 Å². The molecule has 2 rings (SSSR count). The Bertz CT molecular complexity index is 415. The topological polar surface area (TPSA) is 60.8 Å². The first-order valence-electron chi connectivity index (χ1n) is 6.39. The van der Waals surface area contributed by atoms with Crippen molar-refractivity contribution in [1.29, 1.82) is 0 Å². The second kappa shape index (κ2) is 5.87. The summed E-state index contributed by atoms with van der Waals surface area (Å²) >= 11 is 0. The highest BCUT2D eigenvalue weighted by molar-refractivity contribution is 5.79. The molecule has 18 heavy (non-hydrogen) atoms. The Balaban J connectivity index is 2.00. The van der Waals surface area contributed by atoms with Gasteiger partial charge >= 0.3 is 0 Å². The van der Waals surface area contributed by atoms with Crippen LogP contribution in [0.2, 0.25) is 0 Å². The number of hydrogen-bond acceptors (Lipinski definition) is 3. The standard InChI is InChI=1S/C14H19NO3/c16-8-7-15(12-4-2-5-12)14(18)10-11-3-1-6-13(17)9-11/h1,3,6,9,12,16-17H,2,4-5,7-8,10H2. The number of carbonyl (C=O) groups excluding carboxylic acids is 1. The number of aliphatic hydroxyl groups is 1. The van der Waals surface area contributed by atoms with E-state index in [1.807, 2.05) is 6.07 Å². The number of rotatable bonds is 5. The fourth-order valence-electron chi connectivity index (χ4n) is 2.26. The molecule has 2 N–H and O–H groups in total. The molecule has 1 aliphatic rings. The van der Waals surface area contributed by atoms with Gasteiger partial charge in [-0.3, -0.25) is 4.79 Å². The van der Waals surface area contributed by atoms with Crippen molar-refractivity contribution in [2.75, 3.05) is 13.2 Å². The maximum absolute atomic E-state index is 12.2. The van der Waals surface area contributed by atoms with E-state index < -0.39 is 0 Å². The van der Waals surface area contributed by atoms with Crippen molar-refractivity contribution in [3.63, 3.8) is 0 Å². The minimum absolute atomic E-state index is 0.00226. The number of amides is 1. The van der Waals surface area contributed by atoms with Crippen LogP contribution in [-0.2, 0) is 11.2 Å². The van der Waals surface area contributed by atoms with Gasteiger partial charge in [0.2, 0.25) is 5.91 Å². The van der Waals surface area contributed by atoms with Gasteiger partial charge in [-0.05, 0) is 37.0 Å². The van der Waals surface area contributed by atoms with Crippen LogP contribution in [0.4, 0.5) is 0 Å². The zero-order chi connectivity index (χ0) is 13.0. The SMILES string of the molecule is O=C(Cc1cccc(O)c1)N(CCO)C1CCC1. The second-order valence-electron chi connectivity index (χ2n) is 4.74. The highest BCUT2D eigenvalue weighted by Gasteiger charge is 2.28. The number of hydrogen-bond donors (Lipinski definition) is 2. The number of nitrogens with zero attached hydrogens (tertiary/aromatic N) is 1. The van der Waals surface area contributed by atoms with Gasteiger partial charge in [0, 0.05) is 12.6 Å². The van der Waals surface area contributed by atoms with Crippen LogP contribution in [-0.4, -0.2) is 40.2 Å². The maximum atomic E-state index is 12.2. The van der Waals surface area contributed by atoms with E-state index in [2.05, 4.69) is 0 Å². The van der Waals surface area contributed by atoms with Gasteiger partial charge in [-0.15, -0.1) is 0 Å². The lowest BCUT2D eigenvalue weighted by Gasteiger charge is -2.37. The highest BCUT2D eigenvalue weighted by atomic mass is 16.3. The Labute approximate surface area is 107 Å². The number of carbonyl (C=O) groups is 1. The fourth-order valence-corrected chi connectivity index (χ4v) is 2.26. The number of phenolic OH excluding ortho intramolecular Hbond substituents is 1. The van der Waals surface area contributed by atoms with E-state index in [1.54, 1.807) is 23.1 Å². The maximum Gasteiger partial charge on any atom is 0.227 e. The molecule has 0 radical (unpaired) electrons. The molecular formula is C14H19NO3. The largest absolute Gasteiger partial charge is 0.508 e. The normalized spacial score (nSPS) is 15.2. The molecule has 1 aromatic carbocycles. The molecule has 0 atom stereocenters. The molecule has 4 heteroatoms. The van der Waals surface area contributed by atoms with Crippen LogP contribution in [0.5, 0.6) is 5.75 Å². The van der Waals surface area contributed by atoms with Crippen molar-refractivity contribution in [1.82, 2.24) is 4.90 Å². The minimum Gasteiger partial charge on any atom is -0.508 e. The molecule has 0 bridgehead atoms. The molecule has 4 nitrogen and oxygen atoms in total.